The van der Waals surface area contributed by atoms with Crippen LogP contribution in [0.3, 0.4) is 0 Å². The summed E-state index contributed by atoms with van der Waals surface area (Å²) in [5.41, 5.74) is 1.81. The molecule has 0 spiro atoms. The van der Waals surface area contributed by atoms with Gasteiger partial charge in [0.2, 0.25) is 5.91 Å². The van der Waals surface area contributed by atoms with Crippen LogP contribution in [0.5, 0.6) is 0 Å². The van der Waals surface area contributed by atoms with Crippen molar-refractivity contribution in [1.29, 1.82) is 0 Å². The van der Waals surface area contributed by atoms with E-state index in [2.05, 4.69) is 64.8 Å². The number of allylic oxidation sites excluding steroid dienone is 2. The number of carbonyl (C=O) groups is 4. The molecule has 1 N–H and O–H groups in total. The molecule has 1 aromatic heterocycles. The minimum absolute atomic E-state index is 0.00464. The van der Waals surface area contributed by atoms with Gasteiger partial charge in [0.15, 0.2) is 10.9 Å². The third-order valence-electron chi connectivity index (χ3n) is 16.0. The third-order valence-corrected chi connectivity index (χ3v) is 16.9. The summed E-state index contributed by atoms with van der Waals surface area (Å²) in [4.78, 5) is 58.7. The normalized spacial score (nSPS) is 38.7. The average molecular weight is 745 g/mol. The van der Waals surface area contributed by atoms with E-state index in [9.17, 15) is 19.2 Å². The standard InChI is InChI=1S/C44H60N2O6S/c1-10-51-37(50)41(6)21-20-40(5)22-23-43(8)27(28(40)25-41)24-29(47)36-42(7)18-17-32(39(3,4)31(42)16-19-44(36,43)9)52-34(49)15-14-33(48)45-38-46-35-26(2)12-11-13-30(35)53-38/h11-13,24,28,31-32,36H,10,14-23,25H2,1-9H3,(H,45,46,48)/t28-,31-,32-,36+,40+,41-,42-,43+,44+/m0/s1. The van der Waals surface area contributed by atoms with Gasteiger partial charge in [-0.1, -0.05) is 70.6 Å². The second-order valence-corrected chi connectivity index (χ2v) is 20.3. The van der Waals surface area contributed by atoms with Crippen LogP contribution >= 0.6 is 11.3 Å². The molecule has 0 radical (unpaired) electrons. The van der Waals surface area contributed by atoms with Gasteiger partial charge in [-0.3, -0.25) is 19.2 Å². The zero-order chi connectivity index (χ0) is 38.4. The zero-order valence-electron chi connectivity index (χ0n) is 33.4. The van der Waals surface area contributed by atoms with Gasteiger partial charge in [0, 0.05) is 17.8 Å². The molecule has 0 bridgehead atoms. The first-order chi connectivity index (χ1) is 24.8. The van der Waals surface area contributed by atoms with Gasteiger partial charge in [0.1, 0.15) is 6.10 Å². The highest BCUT2D eigenvalue weighted by atomic mass is 32.1. The first kappa shape index (κ1) is 38.2. The molecule has 53 heavy (non-hydrogen) atoms. The number of fused-ring (bicyclic) bond motifs is 8. The Kier molecular flexibility index (Phi) is 9.38. The Bertz CT molecular complexity index is 1880. The number of thiazole rings is 1. The minimum Gasteiger partial charge on any atom is -0.466 e. The molecule has 0 unspecified atom stereocenters. The maximum absolute atomic E-state index is 14.8. The van der Waals surface area contributed by atoms with Crippen LogP contribution in [0.1, 0.15) is 132 Å². The van der Waals surface area contributed by atoms with Crippen molar-refractivity contribution in [2.45, 2.75) is 139 Å². The number of carbonyl (C=O) groups excluding carboxylic acids is 4. The summed E-state index contributed by atoms with van der Waals surface area (Å²) >= 11 is 1.43. The minimum atomic E-state index is -0.539. The Morgan fingerprint density at radius 1 is 0.943 bits per heavy atom. The summed E-state index contributed by atoms with van der Waals surface area (Å²) < 4.78 is 12.8. The van der Waals surface area contributed by atoms with E-state index in [1.54, 1.807) is 0 Å². The maximum atomic E-state index is 14.8. The smallest absolute Gasteiger partial charge is 0.311 e. The molecule has 2 aromatic rings. The van der Waals surface area contributed by atoms with Crippen molar-refractivity contribution in [2.24, 2.45) is 50.2 Å². The Morgan fingerprint density at radius 2 is 1.68 bits per heavy atom. The van der Waals surface area contributed by atoms with Crippen molar-refractivity contribution in [1.82, 2.24) is 4.98 Å². The summed E-state index contributed by atoms with van der Waals surface area (Å²) in [5.74, 6) is -0.211. The lowest BCUT2D eigenvalue weighted by Gasteiger charge is -2.70. The van der Waals surface area contributed by atoms with Crippen molar-refractivity contribution in [3.8, 4) is 0 Å². The number of nitrogens with one attached hydrogen (secondary N) is 1. The lowest BCUT2D eigenvalue weighted by molar-refractivity contribution is -0.211. The number of hydrogen-bond acceptors (Lipinski definition) is 8. The maximum Gasteiger partial charge on any atom is 0.311 e. The molecule has 9 atom stereocenters. The fraction of sp³-hybridized carbons (Fsp3) is 0.705. The number of aromatic nitrogens is 1. The first-order valence-electron chi connectivity index (χ1n) is 20.1. The molecule has 1 amide bonds. The molecule has 5 aliphatic rings. The van der Waals surface area contributed by atoms with Crippen LogP contribution in [0, 0.1) is 57.2 Å². The van der Waals surface area contributed by atoms with Crippen LogP contribution < -0.4 is 5.32 Å². The van der Waals surface area contributed by atoms with Crippen molar-refractivity contribution in [2.75, 3.05) is 11.9 Å². The number of benzene rings is 1. The van der Waals surface area contributed by atoms with E-state index >= 15 is 0 Å². The topological polar surface area (TPSA) is 112 Å². The number of nitrogens with zero attached hydrogens (tertiary/aromatic N) is 1. The molecule has 0 aliphatic heterocycles. The zero-order valence-corrected chi connectivity index (χ0v) is 34.2. The lowest BCUT2D eigenvalue weighted by Crippen LogP contribution is -2.66. The first-order valence-corrected chi connectivity index (χ1v) is 20.9. The van der Waals surface area contributed by atoms with E-state index in [4.69, 9.17) is 9.47 Å². The van der Waals surface area contributed by atoms with Gasteiger partial charge < -0.3 is 14.8 Å². The summed E-state index contributed by atoms with van der Waals surface area (Å²) in [5, 5.41) is 3.40. The van der Waals surface area contributed by atoms with Gasteiger partial charge in [-0.2, -0.15) is 0 Å². The highest BCUT2D eigenvalue weighted by Gasteiger charge is 2.70. The summed E-state index contributed by atoms with van der Waals surface area (Å²) in [7, 11) is 0. The predicted octanol–water partition coefficient (Wildman–Crippen LogP) is 9.78. The Hall–Kier alpha value is -3.07. The number of ketones is 1. The SMILES string of the molecule is CCOC(=O)[C@@]1(C)CC[C@]2(C)CC[C@]3(C)C(=CC(=O)[C@@H]4[C@@]5(C)CC[C@H](OC(=O)CCC(=O)Nc6nc7c(C)cccc7s6)C(C)(C)[C@@H]5CC[C@]43C)[C@@H]2C1. The Morgan fingerprint density at radius 3 is 2.40 bits per heavy atom. The van der Waals surface area contributed by atoms with E-state index < -0.39 is 5.41 Å². The van der Waals surface area contributed by atoms with Gasteiger partial charge in [-0.05, 0) is 130 Å². The van der Waals surface area contributed by atoms with Crippen LogP contribution in [0.4, 0.5) is 5.13 Å². The van der Waals surface area contributed by atoms with Crippen molar-refractivity contribution in [3.63, 3.8) is 0 Å². The van der Waals surface area contributed by atoms with Crippen molar-refractivity contribution >= 4 is 50.3 Å². The second-order valence-electron chi connectivity index (χ2n) is 19.3. The van der Waals surface area contributed by atoms with Crippen LogP contribution in [0.15, 0.2) is 29.8 Å². The predicted molar refractivity (Wildman–Crippen MR) is 208 cm³/mol. The van der Waals surface area contributed by atoms with Crippen LogP contribution in [-0.2, 0) is 28.7 Å². The molecular weight excluding hydrogens is 685 g/mol. The number of esters is 2. The van der Waals surface area contributed by atoms with E-state index in [-0.39, 0.29) is 87.4 Å². The number of anilines is 1. The van der Waals surface area contributed by atoms with Gasteiger partial charge in [-0.25, -0.2) is 4.98 Å². The van der Waals surface area contributed by atoms with Crippen molar-refractivity contribution in [3.05, 3.63) is 35.4 Å². The monoisotopic (exact) mass is 744 g/mol. The lowest BCUT2D eigenvalue weighted by atomic mass is 9.33. The average Bonchev–Trinajstić information content (AvgIpc) is 3.50. The van der Waals surface area contributed by atoms with Gasteiger partial charge >= 0.3 is 11.9 Å². The van der Waals surface area contributed by atoms with E-state index in [0.29, 0.717) is 18.2 Å². The molecular formula is C44H60N2O6S. The van der Waals surface area contributed by atoms with E-state index in [1.165, 1.54) is 16.9 Å². The molecule has 0 saturated heterocycles. The van der Waals surface area contributed by atoms with E-state index in [1.807, 2.05) is 32.0 Å². The molecule has 7 rings (SSSR count). The Balaban J connectivity index is 1.06. The number of aryl methyl sites for hydroxylation is 1. The van der Waals surface area contributed by atoms with Gasteiger partial charge in [-0.15, -0.1) is 0 Å². The molecule has 4 saturated carbocycles. The number of amides is 1. The van der Waals surface area contributed by atoms with Crippen LogP contribution in [0.25, 0.3) is 10.2 Å². The molecule has 1 aromatic carbocycles. The molecule has 5 aliphatic carbocycles. The summed E-state index contributed by atoms with van der Waals surface area (Å²) in [6.07, 6.45) is 9.89. The number of rotatable bonds is 7. The molecule has 8 nitrogen and oxygen atoms in total. The summed E-state index contributed by atoms with van der Waals surface area (Å²) in [6, 6.07) is 5.96. The molecule has 288 valence electrons. The highest BCUT2D eigenvalue weighted by molar-refractivity contribution is 7.22. The van der Waals surface area contributed by atoms with Gasteiger partial charge in [0.25, 0.3) is 0 Å². The van der Waals surface area contributed by atoms with Crippen LogP contribution in [-0.4, -0.2) is 41.3 Å². The third kappa shape index (κ3) is 5.92. The second kappa shape index (κ2) is 13.0. The quantitative estimate of drug-likeness (QED) is 0.281. The fourth-order valence-corrected chi connectivity index (χ4v) is 13.6. The number of ether oxygens (including phenoxy) is 2. The number of para-hydroxylation sites is 1. The molecule has 4 fully saturated rings. The van der Waals surface area contributed by atoms with E-state index in [0.717, 1.165) is 67.1 Å². The molecule has 9 heteroatoms. The van der Waals surface area contributed by atoms with Crippen molar-refractivity contribution < 1.29 is 28.7 Å². The number of hydrogen-bond donors (Lipinski definition) is 1. The van der Waals surface area contributed by atoms with Crippen LogP contribution in [0.2, 0.25) is 0 Å². The summed E-state index contributed by atoms with van der Waals surface area (Å²) in [6.45, 7) is 20.3. The Labute approximate surface area is 319 Å². The largest absolute Gasteiger partial charge is 0.466 e. The highest BCUT2D eigenvalue weighted by Crippen LogP contribution is 2.75. The fourth-order valence-electron chi connectivity index (χ4n) is 12.6. The van der Waals surface area contributed by atoms with Gasteiger partial charge in [0.05, 0.1) is 28.7 Å². The molecule has 1 heterocycles.